The second-order valence-electron chi connectivity index (χ2n) is 5.54. The van der Waals surface area contributed by atoms with Crippen molar-refractivity contribution >= 4 is 17.3 Å². The zero-order valence-corrected chi connectivity index (χ0v) is 14.6. The summed E-state index contributed by atoms with van der Waals surface area (Å²) in [6.07, 6.45) is 4.19. The van der Waals surface area contributed by atoms with Gasteiger partial charge in [-0.15, -0.1) is 11.3 Å². The minimum absolute atomic E-state index is 0.489. The summed E-state index contributed by atoms with van der Waals surface area (Å²) in [4.78, 5) is 12.4. The number of ether oxygens (including phenoxy) is 1. The second-order valence-corrected chi connectivity index (χ2v) is 6.86. The first-order valence-corrected chi connectivity index (χ1v) is 8.62. The lowest BCUT2D eigenvalue weighted by atomic mass is 10.1. The molecule has 0 bridgehead atoms. The highest BCUT2D eigenvalue weighted by Gasteiger charge is 2.19. The lowest BCUT2D eigenvalue weighted by molar-refractivity contribution is 0.128. The Bertz CT molecular complexity index is 468. The molecule has 0 aromatic carbocycles. The Morgan fingerprint density at radius 2 is 2.27 bits per heavy atom. The topological polar surface area (TPSA) is 61.8 Å². The van der Waals surface area contributed by atoms with Gasteiger partial charge >= 0.3 is 0 Å². The first kappa shape index (κ1) is 17.2. The van der Waals surface area contributed by atoms with Gasteiger partial charge in [-0.3, -0.25) is 4.99 Å². The van der Waals surface area contributed by atoms with Crippen LogP contribution in [0.5, 0.6) is 0 Å². The minimum atomic E-state index is 0.489. The van der Waals surface area contributed by atoms with E-state index < -0.39 is 0 Å². The summed E-state index contributed by atoms with van der Waals surface area (Å²) in [7, 11) is 3.57. The Labute approximate surface area is 137 Å². The Morgan fingerprint density at radius 3 is 2.86 bits per heavy atom. The van der Waals surface area contributed by atoms with E-state index in [1.54, 1.807) is 18.4 Å². The van der Waals surface area contributed by atoms with Gasteiger partial charge in [-0.05, 0) is 19.8 Å². The van der Waals surface area contributed by atoms with Crippen molar-refractivity contribution in [3.63, 3.8) is 0 Å². The van der Waals surface area contributed by atoms with E-state index in [4.69, 9.17) is 4.74 Å². The molecule has 124 valence electrons. The number of likely N-dealkylation sites (tertiary alicyclic amines) is 1. The third-order valence-corrected chi connectivity index (χ3v) is 4.75. The van der Waals surface area contributed by atoms with Crippen molar-refractivity contribution in [3.8, 4) is 0 Å². The van der Waals surface area contributed by atoms with Gasteiger partial charge in [0, 0.05) is 50.9 Å². The summed E-state index contributed by atoms with van der Waals surface area (Å²) in [6, 6.07) is 0.489. The Kier molecular flexibility index (Phi) is 7.08. The summed E-state index contributed by atoms with van der Waals surface area (Å²) in [5.41, 5.74) is 0. The molecule has 0 spiro atoms. The molecule has 22 heavy (non-hydrogen) atoms. The largest absolute Gasteiger partial charge is 0.383 e. The first-order chi connectivity index (χ1) is 10.7. The van der Waals surface area contributed by atoms with Crippen LogP contribution in [0.4, 0.5) is 0 Å². The normalized spacial score (nSPS) is 17.7. The Hall–Kier alpha value is -1.18. The van der Waals surface area contributed by atoms with Gasteiger partial charge in [0.1, 0.15) is 5.01 Å². The number of piperidine rings is 1. The van der Waals surface area contributed by atoms with Crippen LogP contribution in [0.25, 0.3) is 0 Å². The van der Waals surface area contributed by atoms with E-state index in [1.165, 1.54) is 4.88 Å². The summed E-state index contributed by atoms with van der Waals surface area (Å²) in [5, 5.41) is 7.95. The predicted molar refractivity (Wildman–Crippen MR) is 91.5 cm³/mol. The standard InChI is InChI=1S/C15H27N5OS/c1-12-10-17-14(22-12)11-18-15(16-2)19-13-4-6-20(7-5-13)8-9-21-3/h10,13H,4-9,11H2,1-3H3,(H2,16,18,19). The zero-order valence-electron chi connectivity index (χ0n) is 13.8. The molecule has 0 amide bonds. The van der Waals surface area contributed by atoms with Gasteiger partial charge in [-0.1, -0.05) is 0 Å². The van der Waals surface area contributed by atoms with Gasteiger partial charge in [-0.25, -0.2) is 4.98 Å². The van der Waals surface area contributed by atoms with Crippen LogP contribution in [0, 0.1) is 6.92 Å². The van der Waals surface area contributed by atoms with Crippen molar-refractivity contribution in [2.45, 2.75) is 32.4 Å². The SMILES string of the molecule is CN=C(NCc1ncc(C)s1)NC1CCN(CCOC)CC1. The number of rotatable bonds is 6. The average Bonchev–Trinajstić information content (AvgIpc) is 2.96. The molecule has 1 aromatic heterocycles. The van der Waals surface area contributed by atoms with E-state index in [9.17, 15) is 0 Å². The maximum Gasteiger partial charge on any atom is 0.191 e. The maximum atomic E-state index is 5.14. The molecule has 6 nitrogen and oxygen atoms in total. The molecule has 0 atom stereocenters. The fraction of sp³-hybridized carbons (Fsp3) is 0.733. The predicted octanol–water partition coefficient (Wildman–Crippen LogP) is 1.23. The van der Waals surface area contributed by atoms with Gasteiger partial charge in [-0.2, -0.15) is 0 Å². The van der Waals surface area contributed by atoms with Crippen molar-refractivity contribution in [2.24, 2.45) is 4.99 Å². The van der Waals surface area contributed by atoms with Crippen LogP contribution in [-0.4, -0.2) is 62.3 Å². The van der Waals surface area contributed by atoms with Crippen molar-refractivity contribution in [2.75, 3.05) is 40.4 Å². The van der Waals surface area contributed by atoms with Crippen LogP contribution in [0.3, 0.4) is 0 Å². The molecule has 7 heteroatoms. The highest BCUT2D eigenvalue weighted by Crippen LogP contribution is 2.11. The van der Waals surface area contributed by atoms with E-state index in [-0.39, 0.29) is 0 Å². The van der Waals surface area contributed by atoms with Crippen LogP contribution < -0.4 is 10.6 Å². The maximum absolute atomic E-state index is 5.14. The zero-order chi connectivity index (χ0) is 15.8. The van der Waals surface area contributed by atoms with Crippen molar-refractivity contribution < 1.29 is 4.74 Å². The number of guanidine groups is 1. The number of aliphatic imine (C=N–C) groups is 1. The summed E-state index contributed by atoms with van der Waals surface area (Å²) < 4.78 is 5.14. The smallest absolute Gasteiger partial charge is 0.191 e. The fourth-order valence-electron chi connectivity index (χ4n) is 2.55. The summed E-state index contributed by atoms with van der Waals surface area (Å²) >= 11 is 1.72. The monoisotopic (exact) mass is 325 g/mol. The van der Waals surface area contributed by atoms with Crippen molar-refractivity contribution in [1.29, 1.82) is 0 Å². The molecule has 2 heterocycles. The molecule has 1 aliphatic heterocycles. The molecule has 0 saturated carbocycles. The molecular weight excluding hydrogens is 298 g/mol. The molecule has 0 unspecified atom stereocenters. The second kappa shape index (κ2) is 9.07. The average molecular weight is 325 g/mol. The molecular formula is C15H27N5OS. The highest BCUT2D eigenvalue weighted by molar-refractivity contribution is 7.11. The number of nitrogens with zero attached hydrogens (tertiary/aromatic N) is 3. The van der Waals surface area contributed by atoms with Gasteiger partial charge in [0.15, 0.2) is 5.96 Å². The third-order valence-electron chi connectivity index (χ3n) is 3.84. The number of aromatic nitrogens is 1. The van der Waals surface area contributed by atoms with E-state index in [2.05, 4.69) is 32.4 Å². The minimum Gasteiger partial charge on any atom is -0.383 e. The number of hydrogen-bond donors (Lipinski definition) is 2. The van der Waals surface area contributed by atoms with Gasteiger partial charge in [0.2, 0.25) is 0 Å². The first-order valence-electron chi connectivity index (χ1n) is 7.81. The fourth-order valence-corrected chi connectivity index (χ4v) is 3.28. The van der Waals surface area contributed by atoms with Crippen LogP contribution in [0.15, 0.2) is 11.2 Å². The Balaban J connectivity index is 1.70. The van der Waals surface area contributed by atoms with Crippen molar-refractivity contribution in [1.82, 2.24) is 20.5 Å². The molecule has 1 fully saturated rings. The highest BCUT2D eigenvalue weighted by atomic mass is 32.1. The Morgan fingerprint density at radius 1 is 1.50 bits per heavy atom. The van der Waals surface area contributed by atoms with Gasteiger partial charge in [0.05, 0.1) is 13.2 Å². The molecule has 0 aliphatic carbocycles. The molecule has 0 radical (unpaired) electrons. The number of nitrogens with one attached hydrogen (secondary N) is 2. The molecule has 1 aliphatic rings. The van der Waals surface area contributed by atoms with Gasteiger partial charge in [0.25, 0.3) is 0 Å². The lowest BCUT2D eigenvalue weighted by Gasteiger charge is -2.32. The number of thiazole rings is 1. The van der Waals surface area contributed by atoms with Crippen LogP contribution in [0.2, 0.25) is 0 Å². The van der Waals surface area contributed by atoms with Crippen LogP contribution in [0.1, 0.15) is 22.7 Å². The summed E-state index contributed by atoms with van der Waals surface area (Å²) in [5.74, 6) is 0.864. The molecule has 2 N–H and O–H groups in total. The van der Waals surface area contributed by atoms with Crippen LogP contribution >= 0.6 is 11.3 Å². The quantitative estimate of drug-likeness (QED) is 0.608. The molecule has 2 rings (SSSR count). The number of hydrogen-bond acceptors (Lipinski definition) is 5. The van der Waals surface area contributed by atoms with E-state index in [0.717, 1.165) is 56.6 Å². The molecule has 1 saturated heterocycles. The van der Waals surface area contributed by atoms with E-state index >= 15 is 0 Å². The van der Waals surface area contributed by atoms with E-state index in [0.29, 0.717) is 6.04 Å². The summed E-state index contributed by atoms with van der Waals surface area (Å²) in [6.45, 7) is 6.87. The lowest BCUT2D eigenvalue weighted by Crippen LogP contribution is -2.48. The number of aryl methyl sites for hydroxylation is 1. The van der Waals surface area contributed by atoms with E-state index in [1.807, 2.05) is 13.2 Å². The van der Waals surface area contributed by atoms with Crippen LogP contribution in [-0.2, 0) is 11.3 Å². The number of methoxy groups -OCH3 is 1. The van der Waals surface area contributed by atoms with Crippen molar-refractivity contribution in [3.05, 3.63) is 16.1 Å². The third kappa shape index (κ3) is 5.55. The molecule has 1 aromatic rings. The van der Waals surface area contributed by atoms with Gasteiger partial charge < -0.3 is 20.3 Å².